The lowest BCUT2D eigenvalue weighted by Gasteiger charge is -1.98. The summed E-state index contributed by atoms with van der Waals surface area (Å²) in [7, 11) is 0. The Morgan fingerprint density at radius 3 is 2.00 bits per heavy atom. The zero-order chi connectivity index (χ0) is 19.3. The van der Waals surface area contributed by atoms with E-state index in [4.69, 9.17) is 10.2 Å². The first kappa shape index (κ1) is 23.8. The van der Waals surface area contributed by atoms with Crippen molar-refractivity contribution < 1.29 is 20.1 Å². The van der Waals surface area contributed by atoms with Crippen molar-refractivity contribution in [2.45, 2.75) is 51.0 Å². The molecule has 0 aromatic rings. The van der Waals surface area contributed by atoms with Gasteiger partial charge in [-0.3, -0.25) is 4.79 Å². The summed E-state index contributed by atoms with van der Waals surface area (Å²) in [6.45, 7) is 0.179. The molecule has 0 fully saturated rings. The molecule has 0 amide bonds. The van der Waals surface area contributed by atoms with Gasteiger partial charge in [-0.05, 0) is 38.5 Å². The van der Waals surface area contributed by atoms with E-state index in [2.05, 4.69) is 6.08 Å². The van der Waals surface area contributed by atoms with Gasteiger partial charge in [0, 0.05) is 13.0 Å². The fourth-order valence-corrected chi connectivity index (χ4v) is 1.90. The molecule has 0 saturated heterocycles. The van der Waals surface area contributed by atoms with Gasteiger partial charge in [0.1, 0.15) is 0 Å². The van der Waals surface area contributed by atoms with E-state index in [9.17, 15) is 9.90 Å². The standard InChI is InChI=1S/C22H32O4/c23-20-16-12-8-7-10-14-18-21(24)17-13-9-5-3-1-2-4-6-11-15-19-22(25)26/h1-2,5-6,8-14,17,21,23-24H,3-4,7,15-16,18-20H2,(H,25,26)/b2-1-,9-5-,11-6-,12-8-,14-10-,17-13+/t21-/m1/s1. The van der Waals surface area contributed by atoms with E-state index in [1.807, 2.05) is 60.8 Å². The molecule has 0 rings (SSSR count). The maximum atomic E-state index is 10.3. The van der Waals surface area contributed by atoms with Crippen LogP contribution in [0.3, 0.4) is 0 Å². The third-order valence-electron chi connectivity index (χ3n) is 3.26. The van der Waals surface area contributed by atoms with Gasteiger partial charge in [0.25, 0.3) is 0 Å². The largest absolute Gasteiger partial charge is 0.481 e. The van der Waals surface area contributed by atoms with Crippen LogP contribution in [0.15, 0.2) is 72.9 Å². The van der Waals surface area contributed by atoms with Crippen molar-refractivity contribution in [3.05, 3.63) is 72.9 Å². The molecule has 4 heteroatoms. The minimum absolute atomic E-state index is 0.179. The van der Waals surface area contributed by atoms with Crippen LogP contribution < -0.4 is 0 Å². The lowest BCUT2D eigenvalue weighted by atomic mass is 10.2. The molecule has 0 saturated carbocycles. The Labute approximate surface area is 157 Å². The van der Waals surface area contributed by atoms with E-state index in [0.29, 0.717) is 19.3 Å². The van der Waals surface area contributed by atoms with Crippen LogP contribution in [0.5, 0.6) is 0 Å². The van der Waals surface area contributed by atoms with Crippen LogP contribution in [0.4, 0.5) is 0 Å². The van der Waals surface area contributed by atoms with E-state index in [-0.39, 0.29) is 13.0 Å². The number of aliphatic hydroxyl groups is 2. The second-order valence-corrected chi connectivity index (χ2v) is 5.65. The molecular weight excluding hydrogens is 328 g/mol. The van der Waals surface area contributed by atoms with Gasteiger partial charge < -0.3 is 15.3 Å². The van der Waals surface area contributed by atoms with Gasteiger partial charge in [-0.2, -0.15) is 0 Å². The monoisotopic (exact) mass is 360 g/mol. The number of carbonyl (C=O) groups is 1. The van der Waals surface area contributed by atoms with Crippen molar-refractivity contribution in [1.82, 2.24) is 0 Å². The summed E-state index contributed by atoms with van der Waals surface area (Å²) in [5.41, 5.74) is 0. The molecular formula is C22H32O4. The van der Waals surface area contributed by atoms with E-state index in [1.54, 1.807) is 6.08 Å². The molecule has 0 aromatic carbocycles. The van der Waals surface area contributed by atoms with Gasteiger partial charge in [0.2, 0.25) is 0 Å². The zero-order valence-corrected chi connectivity index (χ0v) is 15.4. The summed E-state index contributed by atoms with van der Waals surface area (Å²) in [6, 6.07) is 0. The van der Waals surface area contributed by atoms with Crippen molar-refractivity contribution in [3.63, 3.8) is 0 Å². The molecule has 3 N–H and O–H groups in total. The SMILES string of the molecule is O=C(O)CC/C=C\C/C=C\C/C=C\C=C\[C@@H](O)C/C=C\C/C=C\CCO. The summed E-state index contributed by atoms with van der Waals surface area (Å²) in [5.74, 6) is -0.768. The maximum absolute atomic E-state index is 10.3. The van der Waals surface area contributed by atoms with Crippen LogP contribution >= 0.6 is 0 Å². The average molecular weight is 360 g/mol. The van der Waals surface area contributed by atoms with Gasteiger partial charge in [0.05, 0.1) is 6.10 Å². The number of allylic oxidation sites excluding steroid dienone is 9. The van der Waals surface area contributed by atoms with Gasteiger partial charge in [-0.25, -0.2) is 0 Å². The lowest BCUT2D eigenvalue weighted by Crippen LogP contribution is -1.98. The Morgan fingerprint density at radius 1 is 0.769 bits per heavy atom. The molecule has 0 spiro atoms. The Kier molecular flexibility index (Phi) is 17.6. The molecule has 0 aliphatic carbocycles. The second kappa shape index (κ2) is 19.2. The Balaban J connectivity index is 3.71. The first-order chi connectivity index (χ1) is 12.7. The third kappa shape index (κ3) is 19.9. The van der Waals surface area contributed by atoms with Crippen molar-refractivity contribution in [3.8, 4) is 0 Å². The highest BCUT2D eigenvalue weighted by Gasteiger charge is 1.92. The van der Waals surface area contributed by atoms with E-state index in [0.717, 1.165) is 19.3 Å². The van der Waals surface area contributed by atoms with Crippen LogP contribution in [-0.2, 0) is 4.79 Å². The molecule has 0 heterocycles. The average Bonchev–Trinajstić information content (AvgIpc) is 2.61. The predicted molar refractivity (Wildman–Crippen MR) is 108 cm³/mol. The van der Waals surface area contributed by atoms with Crippen LogP contribution in [-0.4, -0.2) is 34.0 Å². The summed E-state index contributed by atoms with van der Waals surface area (Å²) in [5, 5.41) is 26.9. The van der Waals surface area contributed by atoms with Crippen molar-refractivity contribution in [2.75, 3.05) is 6.61 Å². The Morgan fingerprint density at radius 2 is 1.35 bits per heavy atom. The first-order valence-corrected chi connectivity index (χ1v) is 9.10. The van der Waals surface area contributed by atoms with E-state index >= 15 is 0 Å². The van der Waals surface area contributed by atoms with Gasteiger partial charge in [-0.1, -0.05) is 72.9 Å². The summed E-state index contributed by atoms with van der Waals surface area (Å²) in [4.78, 5) is 10.3. The highest BCUT2D eigenvalue weighted by molar-refractivity contribution is 5.66. The molecule has 0 aliphatic rings. The normalized spacial score (nSPS) is 14.2. The minimum Gasteiger partial charge on any atom is -0.481 e. The van der Waals surface area contributed by atoms with Gasteiger partial charge >= 0.3 is 5.97 Å². The number of carboxylic acids is 1. The first-order valence-electron chi connectivity index (χ1n) is 9.10. The molecule has 26 heavy (non-hydrogen) atoms. The Bertz CT molecular complexity index is 510. The second-order valence-electron chi connectivity index (χ2n) is 5.65. The van der Waals surface area contributed by atoms with Crippen LogP contribution in [0, 0.1) is 0 Å². The number of hydrogen-bond acceptors (Lipinski definition) is 3. The Hall–Kier alpha value is -2.17. The minimum atomic E-state index is -0.768. The highest BCUT2D eigenvalue weighted by atomic mass is 16.4. The molecule has 0 radical (unpaired) electrons. The molecule has 0 unspecified atom stereocenters. The van der Waals surface area contributed by atoms with E-state index in [1.165, 1.54) is 0 Å². The van der Waals surface area contributed by atoms with Crippen molar-refractivity contribution in [2.24, 2.45) is 0 Å². The smallest absolute Gasteiger partial charge is 0.303 e. The van der Waals surface area contributed by atoms with Crippen LogP contribution in [0.1, 0.15) is 44.9 Å². The number of carboxylic acid groups (broad SMARTS) is 1. The predicted octanol–water partition coefficient (Wildman–Crippen LogP) is 4.49. The molecule has 144 valence electrons. The lowest BCUT2D eigenvalue weighted by molar-refractivity contribution is -0.136. The van der Waals surface area contributed by atoms with Gasteiger partial charge in [0.15, 0.2) is 0 Å². The molecule has 0 aromatic heterocycles. The zero-order valence-electron chi connectivity index (χ0n) is 15.4. The fraction of sp³-hybridized carbons (Fsp3) is 0.409. The third-order valence-corrected chi connectivity index (χ3v) is 3.26. The number of aliphatic carboxylic acids is 1. The van der Waals surface area contributed by atoms with Crippen molar-refractivity contribution >= 4 is 5.97 Å². The van der Waals surface area contributed by atoms with Crippen LogP contribution in [0.25, 0.3) is 0 Å². The summed E-state index contributed by atoms with van der Waals surface area (Å²) < 4.78 is 0. The maximum Gasteiger partial charge on any atom is 0.303 e. The van der Waals surface area contributed by atoms with Crippen LogP contribution in [0.2, 0.25) is 0 Å². The van der Waals surface area contributed by atoms with Crippen molar-refractivity contribution in [1.29, 1.82) is 0 Å². The number of aliphatic hydroxyl groups excluding tert-OH is 2. The van der Waals surface area contributed by atoms with E-state index < -0.39 is 12.1 Å². The summed E-state index contributed by atoms with van der Waals surface area (Å²) in [6.07, 6.45) is 27.4. The molecule has 1 atom stereocenters. The quantitative estimate of drug-likeness (QED) is 0.297. The fourth-order valence-electron chi connectivity index (χ4n) is 1.90. The highest BCUT2D eigenvalue weighted by Crippen LogP contribution is 1.99. The summed E-state index contributed by atoms with van der Waals surface area (Å²) >= 11 is 0. The molecule has 4 nitrogen and oxygen atoms in total. The molecule has 0 aliphatic heterocycles. The number of hydrogen-bond donors (Lipinski definition) is 3. The topological polar surface area (TPSA) is 77.8 Å². The van der Waals surface area contributed by atoms with Gasteiger partial charge in [-0.15, -0.1) is 0 Å². The number of rotatable bonds is 15. The molecule has 0 bridgehead atoms.